The molecule has 2 amide bonds. The van der Waals surface area contributed by atoms with E-state index < -0.39 is 0 Å². The van der Waals surface area contributed by atoms with Crippen molar-refractivity contribution < 1.29 is 9.53 Å². The number of likely N-dealkylation sites (N-methyl/N-ethyl adjacent to an activating group) is 1. The van der Waals surface area contributed by atoms with E-state index in [1.807, 2.05) is 19.1 Å². The van der Waals surface area contributed by atoms with Crippen molar-refractivity contribution in [2.24, 2.45) is 17.5 Å². The summed E-state index contributed by atoms with van der Waals surface area (Å²) in [6.07, 6.45) is 7.10. The minimum absolute atomic E-state index is 0.202. The molecule has 1 aromatic rings. The van der Waals surface area contributed by atoms with E-state index in [-0.39, 0.29) is 18.7 Å². The minimum atomic E-state index is -0.247. The van der Waals surface area contributed by atoms with E-state index in [0.29, 0.717) is 29.6 Å². The summed E-state index contributed by atoms with van der Waals surface area (Å²) in [5.74, 6) is 7.29. The maximum Gasteiger partial charge on any atom is 0.315 e. The van der Waals surface area contributed by atoms with Crippen molar-refractivity contribution in [3.63, 3.8) is 0 Å². The predicted octanol–water partition coefficient (Wildman–Crippen LogP) is 2.88. The standard InChI is InChI=1S/C22H38N6O2/c1-15(2)12-13-25-22(29)26-14-19(28(4)24)21(23)18-10-11-20(16(3)27-18)30-17-8-6-5-7-9-17/h10-11,15,17H,5-9,12-14,23-24H2,1-4H3,(H2,25,26,29)/b21-19-. The van der Waals surface area contributed by atoms with Crippen LogP contribution in [-0.4, -0.2) is 42.3 Å². The van der Waals surface area contributed by atoms with E-state index in [1.54, 1.807) is 7.05 Å². The molecule has 2 rings (SSSR count). The highest BCUT2D eigenvalue weighted by Gasteiger charge is 2.17. The van der Waals surface area contributed by atoms with E-state index in [0.717, 1.165) is 30.7 Å². The molecule has 0 spiro atoms. The van der Waals surface area contributed by atoms with Crippen molar-refractivity contribution in [2.45, 2.75) is 65.4 Å². The molecule has 30 heavy (non-hydrogen) atoms. The summed E-state index contributed by atoms with van der Waals surface area (Å²) >= 11 is 0. The molecule has 1 aromatic heterocycles. The Bertz CT molecular complexity index is 726. The first-order valence-electron chi connectivity index (χ1n) is 10.9. The monoisotopic (exact) mass is 418 g/mol. The number of hydrazine groups is 1. The van der Waals surface area contributed by atoms with Gasteiger partial charge in [0.1, 0.15) is 5.75 Å². The molecule has 0 aromatic carbocycles. The maximum atomic E-state index is 12.0. The molecule has 1 aliphatic carbocycles. The normalized spacial score (nSPS) is 15.5. The summed E-state index contributed by atoms with van der Waals surface area (Å²) in [6, 6.07) is 3.51. The van der Waals surface area contributed by atoms with Crippen LogP contribution in [0.15, 0.2) is 17.8 Å². The lowest BCUT2D eigenvalue weighted by atomic mass is 9.98. The van der Waals surface area contributed by atoms with Crippen LogP contribution in [0, 0.1) is 12.8 Å². The molecular weight excluding hydrogens is 380 g/mol. The fourth-order valence-electron chi connectivity index (χ4n) is 3.44. The van der Waals surface area contributed by atoms with Gasteiger partial charge in [-0.05, 0) is 57.1 Å². The third-order valence-corrected chi connectivity index (χ3v) is 5.32. The van der Waals surface area contributed by atoms with Crippen LogP contribution in [0.25, 0.3) is 5.70 Å². The lowest BCUT2D eigenvalue weighted by Gasteiger charge is -2.24. The topological polar surface area (TPSA) is 119 Å². The molecule has 0 saturated heterocycles. The molecule has 0 radical (unpaired) electrons. The molecule has 0 aliphatic heterocycles. The lowest BCUT2D eigenvalue weighted by Crippen LogP contribution is -2.41. The summed E-state index contributed by atoms with van der Waals surface area (Å²) in [7, 11) is 1.69. The average molecular weight is 419 g/mol. The predicted molar refractivity (Wildman–Crippen MR) is 120 cm³/mol. The van der Waals surface area contributed by atoms with Crippen molar-refractivity contribution >= 4 is 11.7 Å². The van der Waals surface area contributed by atoms with Gasteiger partial charge in [0.15, 0.2) is 0 Å². The Morgan fingerprint density at radius 2 is 1.97 bits per heavy atom. The Morgan fingerprint density at radius 3 is 2.57 bits per heavy atom. The number of carbonyl (C=O) groups excluding carboxylic acids is 1. The highest BCUT2D eigenvalue weighted by molar-refractivity contribution is 5.74. The van der Waals surface area contributed by atoms with E-state index in [9.17, 15) is 4.79 Å². The van der Waals surface area contributed by atoms with Gasteiger partial charge in [-0.2, -0.15) is 0 Å². The van der Waals surface area contributed by atoms with Gasteiger partial charge < -0.3 is 26.1 Å². The molecule has 168 valence electrons. The molecule has 8 nitrogen and oxygen atoms in total. The van der Waals surface area contributed by atoms with Gasteiger partial charge in [-0.15, -0.1) is 0 Å². The number of rotatable bonds is 9. The van der Waals surface area contributed by atoms with Crippen LogP contribution >= 0.6 is 0 Å². The molecule has 1 saturated carbocycles. The third-order valence-electron chi connectivity index (χ3n) is 5.32. The zero-order valence-corrected chi connectivity index (χ0v) is 18.8. The molecule has 1 heterocycles. The first-order valence-corrected chi connectivity index (χ1v) is 10.9. The summed E-state index contributed by atoms with van der Waals surface area (Å²) in [5, 5.41) is 7.05. The first-order chi connectivity index (χ1) is 14.3. The van der Waals surface area contributed by atoms with Gasteiger partial charge in [0.25, 0.3) is 0 Å². The lowest BCUT2D eigenvalue weighted by molar-refractivity contribution is 0.153. The Labute approximate surface area is 180 Å². The van der Waals surface area contributed by atoms with Gasteiger partial charge >= 0.3 is 6.03 Å². The number of carbonyl (C=O) groups is 1. The van der Waals surface area contributed by atoms with Gasteiger partial charge in [-0.25, -0.2) is 15.6 Å². The van der Waals surface area contributed by atoms with Crippen molar-refractivity contribution in [3.8, 4) is 5.75 Å². The minimum Gasteiger partial charge on any atom is -0.489 e. The Morgan fingerprint density at radius 1 is 1.27 bits per heavy atom. The molecule has 8 heteroatoms. The van der Waals surface area contributed by atoms with Crippen LogP contribution in [0.2, 0.25) is 0 Å². The first kappa shape index (κ1) is 23.8. The van der Waals surface area contributed by atoms with Crippen LogP contribution in [0.4, 0.5) is 4.79 Å². The highest BCUT2D eigenvalue weighted by atomic mass is 16.5. The van der Waals surface area contributed by atoms with Crippen LogP contribution in [0.5, 0.6) is 5.75 Å². The average Bonchev–Trinajstić information content (AvgIpc) is 2.69. The highest BCUT2D eigenvalue weighted by Crippen LogP contribution is 2.26. The molecular formula is C22H38N6O2. The maximum absolute atomic E-state index is 12.0. The van der Waals surface area contributed by atoms with E-state index >= 15 is 0 Å². The van der Waals surface area contributed by atoms with E-state index in [2.05, 4.69) is 29.5 Å². The second-order valence-corrected chi connectivity index (χ2v) is 8.42. The largest absolute Gasteiger partial charge is 0.489 e. The Hall–Kier alpha value is -2.48. The fraction of sp³-hybridized carbons (Fsp3) is 0.636. The van der Waals surface area contributed by atoms with Crippen LogP contribution in [-0.2, 0) is 0 Å². The molecule has 0 atom stereocenters. The van der Waals surface area contributed by atoms with Gasteiger partial charge in [-0.1, -0.05) is 20.3 Å². The number of nitrogens with two attached hydrogens (primary N) is 2. The van der Waals surface area contributed by atoms with Crippen LogP contribution in [0.3, 0.4) is 0 Å². The number of hydrogen-bond acceptors (Lipinski definition) is 6. The molecule has 1 fully saturated rings. The van der Waals surface area contributed by atoms with Gasteiger partial charge in [0, 0.05) is 13.6 Å². The molecule has 6 N–H and O–H groups in total. The number of pyridine rings is 1. The molecule has 0 unspecified atom stereocenters. The van der Waals surface area contributed by atoms with Gasteiger partial charge in [0.2, 0.25) is 0 Å². The van der Waals surface area contributed by atoms with Crippen molar-refractivity contribution in [3.05, 3.63) is 29.2 Å². The summed E-state index contributed by atoms with van der Waals surface area (Å²) in [4.78, 5) is 16.6. The van der Waals surface area contributed by atoms with Crippen molar-refractivity contribution in [2.75, 3.05) is 20.1 Å². The number of aromatic nitrogens is 1. The number of aryl methyl sites for hydroxylation is 1. The third kappa shape index (κ3) is 7.40. The van der Waals surface area contributed by atoms with Gasteiger partial charge in [0.05, 0.1) is 35.4 Å². The van der Waals surface area contributed by atoms with E-state index in [1.165, 1.54) is 24.3 Å². The fourth-order valence-corrected chi connectivity index (χ4v) is 3.44. The second kappa shape index (κ2) is 11.6. The number of hydrogen-bond donors (Lipinski definition) is 4. The van der Waals surface area contributed by atoms with Crippen LogP contribution < -0.4 is 26.9 Å². The second-order valence-electron chi connectivity index (χ2n) is 8.42. The smallest absolute Gasteiger partial charge is 0.315 e. The number of nitrogens with zero attached hydrogens (tertiary/aromatic N) is 2. The van der Waals surface area contributed by atoms with Gasteiger partial charge in [-0.3, -0.25) is 0 Å². The quantitative estimate of drug-likeness (QED) is 0.362. The van der Waals surface area contributed by atoms with E-state index in [4.69, 9.17) is 16.3 Å². The number of nitrogens with one attached hydrogen (secondary N) is 2. The number of amides is 2. The summed E-state index contributed by atoms with van der Waals surface area (Å²) in [6.45, 7) is 6.98. The van der Waals surface area contributed by atoms with Crippen LogP contribution in [0.1, 0.15) is 63.8 Å². The Balaban J connectivity index is 2.04. The summed E-state index contributed by atoms with van der Waals surface area (Å²) in [5.41, 5.74) is 8.76. The summed E-state index contributed by atoms with van der Waals surface area (Å²) < 4.78 is 6.14. The van der Waals surface area contributed by atoms with Crippen molar-refractivity contribution in [1.82, 2.24) is 20.6 Å². The SMILES string of the molecule is Cc1nc(/C(N)=C(\CNC(=O)NCCC(C)C)N(C)N)ccc1OC1CCCCC1. The Kier molecular flexibility index (Phi) is 9.23. The van der Waals surface area contributed by atoms with Crippen molar-refractivity contribution in [1.29, 1.82) is 0 Å². The molecule has 0 bridgehead atoms. The molecule has 1 aliphatic rings. The zero-order valence-electron chi connectivity index (χ0n) is 18.8. The number of ether oxygens (including phenoxy) is 1. The number of urea groups is 1. The zero-order chi connectivity index (χ0) is 22.1.